The van der Waals surface area contributed by atoms with Crippen LogP contribution in [-0.2, 0) is 54.1 Å². The van der Waals surface area contributed by atoms with Gasteiger partial charge in [0.1, 0.15) is 48.1 Å². The Morgan fingerprint density at radius 1 is 0.796 bits per heavy atom. The molecule has 3 aliphatic heterocycles. The molecule has 284 valence electrons. The van der Waals surface area contributed by atoms with Gasteiger partial charge in [-0.3, -0.25) is 4.79 Å². The molecule has 3 aliphatic rings. The molecule has 0 aliphatic carbocycles. The van der Waals surface area contributed by atoms with Crippen LogP contribution in [-0.4, -0.2) is 94.1 Å². The fourth-order valence-corrected chi connectivity index (χ4v) is 6.42. The van der Waals surface area contributed by atoms with Gasteiger partial charge in [-0.25, -0.2) is 4.79 Å². The number of methoxy groups -OCH3 is 2. The monoisotopic (exact) mass is 746 g/mol. The van der Waals surface area contributed by atoms with E-state index in [0.29, 0.717) is 17.1 Å². The standard InChI is InChI=1S/C36H38N6O12/c1-20(43)49-29-26(39-41-37)27(40-42-38)35(54-31(29)33(44)46-3)53-30-28-25(19-48-34(52-28)22-12-8-5-9-13-22)51-36(50-24-16-14-23(45-2)15-17-24)32(30)47-18-21-10-6-4-7-11-21/h4-17,25-32,34-36H,18-19H2,1-3H3/t25-,26-,27+,28+,29+,30+,31+,32-,34+,35-,36-/m1/s1. The van der Waals surface area contributed by atoms with Gasteiger partial charge in [0.2, 0.25) is 6.29 Å². The first-order valence-electron chi connectivity index (χ1n) is 16.9. The number of fused-ring (bicyclic) bond motifs is 1. The van der Waals surface area contributed by atoms with Crippen LogP contribution in [0.15, 0.2) is 95.2 Å². The van der Waals surface area contributed by atoms with Gasteiger partial charge in [-0.2, -0.15) is 0 Å². The molecular weight excluding hydrogens is 708 g/mol. The molecule has 6 rings (SSSR count). The first-order valence-corrected chi connectivity index (χ1v) is 16.9. The maximum absolute atomic E-state index is 13.1. The van der Waals surface area contributed by atoms with E-state index in [-0.39, 0.29) is 13.2 Å². The number of azide groups is 2. The average molecular weight is 747 g/mol. The van der Waals surface area contributed by atoms with E-state index in [9.17, 15) is 20.7 Å². The van der Waals surface area contributed by atoms with Crippen LogP contribution in [0, 0.1) is 0 Å². The van der Waals surface area contributed by atoms with E-state index in [1.807, 2.05) is 60.7 Å². The Balaban J connectivity index is 1.42. The zero-order chi connectivity index (χ0) is 38.0. The minimum Gasteiger partial charge on any atom is -0.497 e. The van der Waals surface area contributed by atoms with Crippen LogP contribution in [0.25, 0.3) is 20.9 Å². The van der Waals surface area contributed by atoms with Crippen molar-refractivity contribution in [3.8, 4) is 11.5 Å². The summed E-state index contributed by atoms with van der Waals surface area (Å²) in [5.74, 6) is -0.782. The van der Waals surface area contributed by atoms with Gasteiger partial charge in [0.05, 0.1) is 33.5 Å². The Hall–Kier alpha value is -5.42. The van der Waals surface area contributed by atoms with E-state index in [0.717, 1.165) is 19.6 Å². The summed E-state index contributed by atoms with van der Waals surface area (Å²) < 4.78 is 60.6. The highest BCUT2D eigenvalue weighted by Gasteiger charge is 2.57. The van der Waals surface area contributed by atoms with E-state index in [4.69, 9.17) is 47.4 Å². The highest BCUT2D eigenvalue weighted by Crippen LogP contribution is 2.40. The van der Waals surface area contributed by atoms with E-state index in [2.05, 4.69) is 20.1 Å². The van der Waals surface area contributed by atoms with Gasteiger partial charge in [-0.05, 0) is 40.9 Å². The molecule has 0 amide bonds. The van der Waals surface area contributed by atoms with Crippen LogP contribution in [0.1, 0.15) is 24.3 Å². The molecule has 3 saturated heterocycles. The Morgan fingerprint density at radius 3 is 2.11 bits per heavy atom. The third kappa shape index (κ3) is 8.85. The van der Waals surface area contributed by atoms with Crippen molar-refractivity contribution in [2.75, 3.05) is 20.8 Å². The number of esters is 2. The van der Waals surface area contributed by atoms with Crippen LogP contribution >= 0.6 is 0 Å². The zero-order valence-electron chi connectivity index (χ0n) is 29.4. The van der Waals surface area contributed by atoms with Crippen molar-refractivity contribution in [3.05, 3.63) is 117 Å². The summed E-state index contributed by atoms with van der Waals surface area (Å²) in [6.45, 7) is 1.20. The second-order valence-electron chi connectivity index (χ2n) is 12.3. The van der Waals surface area contributed by atoms with Gasteiger partial charge in [-0.15, -0.1) is 0 Å². The summed E-state index contributed by atoms with van der Waals surface area (Å²) in [5.41, 5.74) is 20.8. The SMILES string of the molecule is COC(=O)[C@H]1O[C@@H](O[C@H]2[C@H]3O[C@@H](c4ccccc4)OC[C@H]3O[C@@H](Oc3ccc(OC)cc3)[C@@H]2OCc2ccccc2)[C@@H](N=[N+]=[N-])[C@@H](N=[N+]=[N-])[C@@H]1OC(C)=O. The molecule has 54 heavy (non-hydrogen) atoms. The summed E-state index contributed by atoms with van der Waals surface area (Å²) in [5, 5.41) is 7.61. The Morgan fingerprint density at radius 2 is 1.46 bits per heavy atom. The molecule has 18 nitrogen and oxygen atoms in total. The Bertz CT molecular complexity index is 1810. The molecule has 0 N–H and O–H groups in total. The molecule has 3 aromatic carbocycles. The number of ether oxygens (including phenoxy) is 10. The minimum atomic E-state index is -1.66. The Labute approximate surface area is 309 Å². The van der Waals surface area contributed by atoms with Gasteiger partial charge < -0.3 is 47.4 Å². The number of hydrogen-bond donors (Lipinski definition) is 0. The number of nitrogens with zero attached hydrogens (tertiary/aromatic N) is 6. The summed E-state index contributed by atoms with van der Waals surface area (Å²) in [6, 6.07) is 22.4. The molecular formula is C36H38N6O12. The number of benzene rings is 3. The van der Waals surface area contributed by atoms with Crippen LogP contribution in [0.2, 0.25) is 0 Å². The lowest BCUT2D eigenvalue weighted by molar-refractivity contribution is -0.379. The average Bonchev–Trinajstić information content (AvgIpc) is 3.20. The van der Waals surface area contributed by atoms with Crippen molar-refractivity contribution in [3.63, 3.8) is 0 Å². The molecule has 0 spiro atoms. The van der Waals surface area contributed by atoms with Crippen molar-refractivity contribution in [1.82, 2.24) is 0 Å². The maximum atomic E-state index is 13.1. The highest BCUT2D eigenvalue weighted by atomic mass is 16.8. The molecule has 3 heterocycles. The van der Waals surface area contributed by atoms with E-state index < -0.39 is 79.5 Å². The predicted octanol–water partition coefficient (Wildman–Crippen LogP) is 5.07. The lowest BCUT2D eigenvalue weighted by Crippen LogP contribution is -2.67. The molecule has 0 bridgehead atoms. The highest BCUT2D eigenvalue weighted by molar-refractivity contribution is 5.76. The number of hydrogen-bond acceptors (Lipinski definition) is 14. The smallest absolute Gasteiger partial charge is 0.339 e. The van der Waals surface area contributed by atoms with E-state index >= 15 is 0 Å². The van der Waals surface area contributed by atoms with E-state index in [1.165, 1.54) is 0 Å². The molecule has 18 heteroatoms. The predicted molar refractivity (Wildman–Crippen MR) is 184 cm³/mol. The molecule has 0 saturated carbocycles. The fraction of sp³-hybridized carbons (Fsp3) is 0.444. The van der Waals surface area contributed by atoms with E-state index in [1.54, 1.807) is 31.4 Å². The van der Waals surface area contributed by atoms with Crippen molar-refractivity contribution < 1.29 is 57.0 Å². The largest absolute Gasteiger partial charge is 0.497 e. The van der Waals surface area contributed by atoms with Crippen LogP contribution in [0.5, 0.6) is 11.5 Å². The van der Waals surface area contributed by atoms with Gasteiger partial charge in [0.25, 0.3) is 0 Å². The number of carbonyl (C=O) groups excluding carboxylic acids is 2. The normalized spacial score (nSPS) is 30.3. The molecule has 3 fully saturated rings. The number of carbonyl (C=O) groups is 2. The van der Waals surface area contributed by atoms with Crippen molar-refractivity contribution in [2.24, 2.45) is 10.2 Å². The maximum Gasteiger partial charge on any atom is 0.339 e. The third-order valence-corrected chi connectivity index (χ3v) is 8.89. The topological polar surface area (TPSA) is 224 Å². The van der Waals surface area contributed by atoms with Crippen molar-refractivity contribution in [1.29, 1.82) is 0 Å². The zero-order valence-corrected chi connectivity index (χ0v) is 29.4. The second kappa shape index (κ2) is 18.1. The van der Waals surface area contributed by atoms with Crippen molar-refractivity contribution >= 4 is 11.9 Å². The summed E-state index contributed by atoms with van der Waals surface area (Å²) in [6.07, 6.45) is -10.9. The second-order valence-corrected chi connectivity index (χ2v) is 12.3. The van der Waals surface area contributed by atoms with Crippen LogP contribution < -0.4 is 9.47 Å². The molecule has 11 atom stereocenters. The molecule has 0 aromatic heterocycles. The van der Waals surface area contributed by atoms with Gasteiger partial charge in [0, 0.05) is 22.3 Å². The first-order chi connectivity index (χ1) is 26.3. The first kappa shape index (κ1) is 38.3. The Kier molecular flexibility index (Phi) is 12.8. The molecule has 0 unspecified atom stereocenters. The lowest BCUT2D eigenvalue weighted by atomic mass is 9.93. The number of rotatable bonds is 13. The lowest BCUT2D eigenvalue weighted by Gasteiger charge is -2.50. The summed E-state index contributed by atoms with van der Waals surface area (Å²) in [4.78, 5) is 31.1. The summed E-state index contributed by atoms with van der Waals surface area (Å²) >= 11 is 0. The fourth-order valence-electron chi connectivity index (χ4n) is 6.42. The minimum absolute atomic E-state index is 0.0317. The van der Waals surface area contributed by atoms with Gasteiger partial charge in [0.15, 0.2) is 18.7 Å². The third-order valence-electron chi connectivity index (χ3n) is 8.89. The van der Waals surface area contributed by atoms with Crippen molar-refractivity contribution in [2.45, 2.75) is 81.1 Å². The van der Waals surface area contributed by atoms with Crippen LogP contribution in [0.4, 0.5) is 0 Å². The summed E-state index contributed by atoms with van der Waals surface area (Å²) in [7, 11) is 2.65. The van der Waals surface area contributed by atoms with Crippen LogP contribution in [0.3, 0.4) is 0 Å². The quantitative estimate of drug-likeness (QED) is 0.0967. The molecule has 0 radical (unpaired) electrons. The molecule has 3 aromatic rings. The van der Waals surface area contributed by atoms with Gasteiger partial charge >= 0.3 is 11.9 Å². The van der Waals surface area contributed by atoms with Gasteiger partial charge in [-0.1, -0.05) is 70.9 Å².